The maximum absolute atomic E-state index is 11.4. The smallest absolute Gasteiger partial charge is 0.334 e. The van der Waals surface area contributed by atoms with Gasteiger partial charge in [0.15, 0.2) is 0 Å². The second kappa shape index (κ2) is 5.77. The summed E-state index contributed by atoms with van der Waals surface area (Å²) in [6.07, 6.45) is 7.23. The van der Waals surface area contributed by atoms with Crippen LogP contribution in [0.5, 0.6) is 0 Å². The zero-order chi connectivity index (χ0) is 12.0. The third-order valence-electron chi connectivity index (χ3n) is 2.16. The van der Waals surface area contributed by atoms with E-state index in [1.807, 2.05) is 31.2 Å². The number of rotatable bonds is 3. The summed E-state index contributed by atoms with van der Waals surface area (Å²) in [5.41, 5.74) is 2.61. The Hall–Kier alpha value is -2.01. The summed E-state index contributed by atoms with van der Waals surface area (Å²) < 4.78 is 4.66. The van der Waals surface area contributed by atoms with Gasteiger partial charge in [-0.1, -0.05) is 29.8 Å². The molecule has 16 heavy (non-hydrogen) atoms. The van der Waals surface area contributed by atoms with E-state index in [1.165, 1.54) is 12.7 Å². The molecule has 2 nitrogen and oxygen atoms in total. The molecule has 0 atom stereocenters. The Bertz CT molecular complexity index is 433. The summed E-state index contributed by atoms with van der Waals surface area (Å²) in [7, 11) is 1.35. The Morgan fingerprint density at radius 2 is 2.06 bits per heavy atom. The Morgan fingerprint density at radius 3 is 2.56 bits per heavy atom. The average Bonchev–Trinajstić information content (AvgIpc) is 2.30. The maximum atomic E-state index is 11.4. The summed E-state index contributed by atoms with van der Waals surface area (Å²) in [5, 5.41) is 0. The highest BCUT2D eigenvalue weighted by Crippen LogP contribution is 2.12. The van der Waals surface area contributed by atoms with Gasteiger partial charge in [0.2, 0.25) is 0 Å². The largest absolute Gasteiger partial charge is 0.466 e. The number of hydrogen-bond donors (Lipinski definition) is 0. The highest BCUT2D eigenvalue weighted by Gasteiger charge is 2.07. The predicted molar refractivity (Wildman–Crippen MR) is 64.6 cm³/mol. The van der Waals surface area contributed by atoms with Crippen LogP contribution in [0.2, 0.25) is 0 Å². The minimum atomic E-state index is -0.376. The van der Waals surface area contributed by atoms with Crippen molar-refractivity contribution in [3.05, 3.63) is 41.0 Å². The molecule has 0 N–H and O–H groups in total. The van der Waals surface area contributed by atoms with E-state index >= 15 is 0 Å². The molecule has 0 bridgehead atoms. The van der Waals surface area contributed by atoms with Crippen LogP contribution in [-0.4, -0.2) is 13.1 Å². The van der Waals surface area contributed by atoms with Crippen molar-refractivity contribution in [2.45, 2.75) is 13.3 Å². The minimum absolute atomic E-state index is 0.278. The fourth-order valence-electron chi connectivity index (χ4n) is 1.29. The molecule has 0 radical (unpaired) electrons. The number of aryl methyl sites for hydroxylation is 1. The summed E-state index contributed by atoms with van der Waals surface area (Å²) >= 11 is 0. The third-order valence-corrected chi connectivity index (χ3v) is 2.16. The van der Waals surface area contributed by atoms with Crippen molar-refractivity contribution in [3.63, 3.8) is 0 Å². The first-order valence-electron chi connectivity index (χ1n) is 4.96. The van der Waals surface area contributed by atoms with Crippen LogP contribution in [0.1, 0.15) is 17.5 Å². The lowest BCUT2D eigenvalue weighted by Gasteiger charge is -2.02. The van der Waals surface area contributed by atoms with E-state index < -0.39 is 0 Å². The van der Waals surface area contributed by atoms with Gasteiger partial charge in [-0.15, -0.1) is 12.3 Å². The molecule has 1 aromatic carbocycles. The quantitative estimate of drug-likeness (QED) is 0.439. The van der Waals surface area contributed by atoms with Gasteiger partial charge in [-0.3, -0.25) is 0 Å². The SMILES string of the molecule is C#CC/C(=C/c1ccc(C)cc1)C(=O)OC. The van der Waals surface area contributed by atoms with E-state index in [-0.39, 0.29) is 12.4 Å². The molecule has 0 aliphatic carbocycles. The average molecular weight is 214 g/mol. The molecule has 0 saturated heterocycles. The first kappa shape index (κ1) is 12.1. The lowest BCUT2D eigenvalue weighted by atomic mass is 10.1. The van der Waals surface area contributed by atoms with Crippen LogP contribution in [-0.2, 0) is 9.53 Å². The number of carbonyl (C=O) groups excluding carboxylic acids is 1. The number of esters is 1. The van der Waals surface area contributed by atoms with Crippen molar-refractivity contribution in [2.24, 2.45) is 0 Å². The van der Waals surface area contributed by atoms with Crippen molar-refractivity contribution in [1.29, 1.82) is 0 Å². The third kappa shape index (κ3) is 3.29. The Morgan fingerprint density at radius 1 is 1.44 bits per heavy atom. The number of benzene rings is 1. The van der Waals surface area contributed by atoms with Crippen molar-refractivity contribution < 1.29 is 9.53 Å². The van der Waals surface area contributed by atoms with Gasteiger partial charge in [0.1, 0.15) is 0 Å². The van der Waals surface area contributed by atoms with Gasteiger partial charge >= 0.3 is 5.97 Å². The summed E-state index contributed by atoms with van der Waals surface area (Å²) in [6.45, 7) is 2.01. The standard InChI is InChI=1S/C14H14O2/c1-4-5-13(14(15)16-3)10-12-8-6-11(2)7-9-12/h1,6-10H,5H2,2-3H3/b13-10-. The van der Waals surface area contributed by atoms with E-state index in [1.54, 1.807) is 6.08 Å². The molecule has 0 aliphatic rings. The van der Waals surface area contributed by atoms with Gasteiger partial charge in [-0.05, 0) is 18.6 Å². The summed E-state index contributed by atoms with van der Waals surface area (Å²) in [5.74, 6) is 2.07. The molecule has 0 aromatic heterocycles. The zero-order valence-electron chi connectivity index (χ0n) is 9.49. The molecule has 1 aromatic rings. The Kier molecular flexibility index (Phi) is 4.35. The molecule has 0 fully saturated rings. The van der Waals surface area contributed by atoms with Crippen LogP contribution in [0, 0.1) is 19.3 Å². The molecular weight excluding hydrogens is 200 g/mol. The molecule has 82 valence electrons. The van der Waals surface area contributed by atoms with Crippen LogP contribution in [0.25, 0.3) is 6.08 Å². The zero-order valence-corrected chi connectivity index (χ0v) is 9.49. The van der Waals surface area contributed by atoms with Crippen LogP contribution < -0.4 is 0 Å². The monoisotopic (exact) mass is 214 g/mol. The molecule has 0 amide bonds. The molecule has 2 heteroatoms. The molecule has 0 heterocycles. The van der Waals surface area contributed by atoms with Crippen molar-refractivity contribution in [1.82, 2.24) is 0 Å². The summed E-state index contributed by atoms with van der Waals surface area (Å²) in [4.78, 5) is 11.4. The van der Waals surface area contributed by atoms with Crippen LogP contribution in [0.3, 0.4) is 0 Å². The second-order valence-electron chi connectivity index (χ2n) is 3.45. The number of methoxy groups -OCH3 is 1. The summed E-state index contributed by atoms with van der Waals surface area (Å²) in [6, 6.07) is 7.84. The van der Waals surface area contributed by atoms with Crippen LogP contribution in [0.4, 0.5) is 0 Å². The molecule has 0 saturated carbocycles. The van der Waals surface area contributed by atoms with Gasteiger partial charge in [0.25, 0.3) is 0 Å². The number of hydrogen-bond acceptors (Lipinski definition) is 2. The topological polar surface area (TPSA) is 26.3 Å². The van der Waals surface area contributed by atoms with E-state index in [4.69, 9.17) is 6.42 Å². The normalized spacial score (nSPS) is 10.7. The lowest BCUT2D eigenvalue weighted by Crippen LogP contribution is -2.03. The van der Waals surface area contributed by atoms with Crippen LogP contribution in [0.15, 0.2) is 29.8 Å². The highest BCUT2D eigenvalue weighted by atomic mass is 16.5. The van der Waals surface area contributed by atoms with Gasteiger partial charge in [0, 0.05) is 12.0 Å². The molecule has 0 spiro atoms. The Labute approximate surface area is 95.9 Å². The van der Waals surface area contributed by atoms with E-state index in [9.17, 15) is 4.79 Å². The van der Waals surface area contributed by atoms with E-state index in [0.29, 0.717) is 5.57 Å². The van der Waals surface area contributed by atoms with E-state index in [2.05, 4.69) is 10.7 Å². The minimum Gasteiger partial charge on any atom is -0.466 e. The molecular formula is C14H14O2. The molecule has 0 aliphatic heterocycles. The number of carbonyl (C=O) groups is 1. The number of ether oxygens (including phenoxy) is 1. The number of terminal acetylenes is 1. The van der Waals surface area contributed by atoms with Gasteiger partial charge < -0.3 is 4.74 Å². The molecule has 0 unspecified atom stereocenters. The maximum Gasteiger partial charge on any atom is 0.334 e. The van der Waals surface area contributed by atoms with Gasteiger partial charge in [0.05, 0.1) is 7.11 Å². The fourth-order valence-corrected chi connectivity index (χ4v) is 1.29. The van der Waals surface area contributed by atoms with Crippen molar-refractivity contribution >= 4 is 12.0 Å². The van der Waals surface area contributed by atoms with E-state index in [0.717, 1.165) is 5.56 Å². The highest BCUT2D eigenvalue weighted by molar-refractivity contribution is 5.94. The predicted octanol–water partition coefficient (Wildman–Crippen LogP) is 2.57. The van der Waals surface area contributed by atoms with Crippen molar-refractivity contribution in [2.75, 3.05) is 7.11 Å². The fraction of sp³-hybridized carbons (Fsp3) is 0.214. The first-order chi connectivity index (χ1) is 7.67. The molecule has 1 rings (SSSR count). The first-order valence-corrected chi connectivity index (χ1v) is 4.96. The van der Waals surface area contributed by atoms with Gasteiger partial charge in [-0.2, -0.15) is 0 Å². The van der Waals surface area contributed by atoms with Crippen molar-refractivity contribution in [3.8, 4) is 12.3 Å². The Balaban J connectivity index is 2.98. The van der Waals surface area contributed by atoms with Crippen LogP contribution >= 0.6 is 0 Å². The second-order valence-corrected chi connectivity index (χ2v) is 3.45. The van der Waals surface area contributed by atoms with Gasteiger partial charge in [-0.25, -0.2) is 4.79 Å². The lowest BCUT2D eigenvalue weighted by molar-refractivity contribution is -0.136.